The number of hydrogen-bond acceptors (Lipinski definition) is 8. The van der Waals surface area contributed by atoms with Crippen LogP contribution in [0.4, 0.5) is 5.69 Å². The molecule has 4 rings (SSSR count). The van der Waals surface area contributed by atoms with Crippen LogP contribution in [-0.4, -0.2) is 35.7 Å². The van der Waals surface area contributed by atoms with E-state index in [1.54, 1.807) is 23.0 Å². The summed E-state index contributed by atoms with van der Waals surface area (Å²) in [5.74, 6) is 0.815. The molecule has 0 saturated carbocycles. The molecule has 0 radical (unpaired) electrons. The highest BCUT2D eigenvalue weighted by molar-refractivity contribution is 7.98. The first-order chi connectivity index (χ1) is 12.7. The molecule has 0 aliphatic carbocycles. The van der Waals surface area contributed by atoms with E-state index in [1.807, 2.05) is 31.2 Å². The van der Waals surface area contributed by atoms with E-state index < -0.39 is 0 Å². The van der Waals surface area contributed by atoms with E-state index in [4.69, 9.17) is 0 Å². The third-order valence-corrected chi connectivity index (χ3v) is 5.35. The van der Waals surface area contributed by atoms with Crippen LogP contribution in [0.5, 0.6) is 0 Å². The van der Waals surface area contributed by atoms with E-state index in [9.17, 15) is 4.79 Å². The Balaban J connectivity index is 1.39. The summed E-state index contributed by atoms with van der Waals surface area (Å²) in [5.41, 5.74) is 1.86. The van der Waals surface area contributed by atoms with Gasteiger partial charge in [0.2, 0.25) is 10.2 Å². The van der Waals surface area contributed by atoms with Crippen molar-refractivity contribution in [3.8, 4) is 0 Å². The maximum Gasteiger partial charge on any atom is 0.286 e. The minimum absolute atomic E-state index is 0.266. The van der Waals surface area contributed by atoms with E-state index in [1.165, 1.54) is 23.1 Å². The van der Waals surface area contributed by atoms with Crippen LogP contribution in [0.15, 0.2) is 47.9 Å². The summed E-state index contributed by atoms with van der Waals surface area (Å²) in [7, 11) is 0. The fourth-order valence-electron chi connectivity index (χ4n) is 2.13. The van der Waals surface area contributed by atoms with Crippen molar-refractivity contribution in [2.75, 3.05) is 5.32 Å². The Morgan fingerprint density at radius 2 is 2.12 bits per heavy atom. The molecule has 0 bridgehead atoms. The SMILES string of the molecule is Cc1ccc(NC(=O)c2nnc(CSc3nc4ncccn4n3)s2)cc1. The molecule has 10 heteroatoms. The number of aryl methyl sites for hydroxylation is 1. The monoisotopic (exact) mass is 383 g/mol. The molecule has 0 aliphatic heterocycles. The number of rotatable bonds is 5. The van der Waals surface area contributed by atoms with Gasteiger partial charge in [0.15, 0.2) is 0 Å². The molecule has 0 atom stereocenters. The number of carbonyl (C=O) groups is 1. The second kappa shape index (κ2) is 7.18. The zero-order chi connectivity index (χ0) is 17.9. The van der Waals surface area contributed by atoms with Crippen LogP contribution < -0.4 is 5.32 Å². The lowest BCUT2D eigenvalue weighted by molar-refractivity contribution is 0.102. The predicted molar refractivity (Wildman–Crippen MR) is 99.4 cm³/mol. The fourth-order valence-corrected chi connectivity index (χ4v) is 3.67. The standard InChI is InChI=1S/C16H13N7OS2/c1-10-3-5-11(6-4-10)18-13(24)14-21-20-12(26-14)9-25-16-19-15-17-7-2-8-23(15)22-16/h2-8H,9H2,1H3,(H,18,24). The Hall–Kier alpha value is -2.85. The highest BCUT2D eigenvalue weighted by atomic mass is 32.2. The Labute approximate surface area is 156 Å². The number of amides is 1. The Bertz CT molecular complexity index is 1020. The first-order valence-electron chi connectivity index (χ1n) is 7.68. The van der Waals surface area contributed by atoms with Crippen LogP contribution in [0.1, 0.15) is 20.4 Å². The number of benzene rings is 1. The summed E-state index contributed by atoms with van der Waals surface area (Å²) >= 11 is 2.68. The van der Waals surface area contributed by atoms with Crippen LogP contribution in [-0.2, 0) is 5.75 Å². The second-order valence-electron chi connectivity index (χ2n) is 5.37. The largest absolute Gasteiger partial charge is 0.320 e. The van der Waals surface area contributed by atoms with Gasteiger partial charge in [-0.05, 0) is 25.1 Å². The molecule has 8 nitrogen and oxygen atoms in total. The van der Waals surface area contributed by atoms with Crippen molar-refractivity contribution in [1.82, 2.24) is 29.8 Å². The first kappa shape index (κ1) is 16.6. The van der Waals surface area contributed by atoms with Gasteiger partial charge in [-0.2, -0.15) is 4.98 Å². The summed E-state index contributed by atoms with van der Waals surface area (Å²) < 4.78 is 1.61. The topological polar surface area (TPSA) is 98.0 Å². The van der Waals surface area contributed by atoms with Gasteiger partial charge in [0.1, 0.15) is 5.01 Å². The molecule has 26 heavy (non-hydrogen) atoms. The van der Waals surface area contributed by atoms with E-state index in [0.29, 0.717) is 21.7 Å². The van der Waals surface area contributed by atoms with Crippen LogP contribution in [0.2, 0.25) is 0 Å². The average molecular weight is 383 g/mol. The van der Waals surface area contributed by atoms with Crippen LogP contribution in [0, 0.1) is 6.92 Å². The van der Waals surface area contributed by atoms with E-state index >= 15 is 0 Å². The second-order valence-corrected chi connectivity index (χ2v) is 7.37. The smallest absolute Gasteiger partial charge is 0.286 e. The van der Waals surface area contributed by atoms with E-state index in [2.05, 4.69) is 30.6 Å². The number of anilines is 1. The van der Waals surface area contributed by atoms with Gasteiger partial charge >= 0.3 is 0 Å². The molecule has 1 aromatic carbocycles. The number of fused-ring (bicyclic) bond motifs is 1. The lowest BCUT2D eigenvalue weighted by Gasteiger charge is -2.02. The maximum absolute atomic E-state index is 12.3. The van der Waals surface area contributed by atoms with Gasteiger partial charge in [-0.25, -0.2) is 9.50 Å². The van der Waals surface area contributed by atoms with Crippen molar-refractivity contribution in [1.29, 1.82) is 0 Å². The molecule has 1 N–H and O–H groups in total. The maximum atomic E-state index is 12.3. The van der Waals surface area contributed by atoms with Gasteiger partial charge in [0.25, 0.3) is 11.7 Å². The molecule has 0 spiro atoms. The number of hydrogen-bond donors (Lipinski definition) is 1. The normalized spacial score (nSPS) is 11.0. The third-order valence-electron chi connectivity index (χ3n) is 3.39. The highest BCUT2D eigenvalue weighted by Crippen LogP contribution is 2.22. The number of carbonyl (C=O) groups excluding carboxylic acids is 1. The predicted octanol–water partition coefficient (Wildman–Crippen LogP) is 2.83. The summed E-state index contributed by atoms with van der Waals surface area (Å²) in [6.45, 7) is 1.99. The molecular weight excluding hydrogens is 370 g/mol. The van der Waals surface area contributed by atoms with Crippen LogP contribution in [0.25, 0.3) is 5.78 Å². The molecule has 3 aromatic heterocycles. The first-order valence-corrected chi connectivity index (χ1v) is 9.48. The van der Waals surface area contributed by atoms with Crippen molar-refractivity contribution in [2.24, 2.45) is 0 Å². The van der Waals surface area contributed by atoms with Crippen molar-refractivity contribution in [3.63, 3.8) is 0 Å². The van der Waals surface area contributed by atoms with Gasteiger partial charge in [0, 0.05) is 18.1 Å². The van der Waals surface area contributed by atoms with Crippen molar-refractivity contribution < 1.29 is 4.79 Å². The quantitative estimate of drug-likeness (QED) is 0.529. The molecule has 3 heterocycles. The summed E-state index contributed by atoms with van der Waals surface area (Å²) in [4.78, 5) is 20.7. The van der Waals surface area contributed by atoms with Crippen LogP contribution >= 0.6 is 23.1 Å². The third kappa shape index (κ3) is 3.70. The van der Waals surface area contributed by atoms with Gasteiger partial charge in [-0.3, -0.25) is 4.79 Å². The van der Waals surface area contributed by atoms with Gasteiger partial charge in [-0.1, -0.05) is 40.8 Å². The van der Waals surface area contributed by atoms with E-state index in [0.717, 1.165) is 16.3 Å². The van der Waals surface area contributed by atoms with E-state index in [-0.39, 0.29) is 5.91 Å². The van der Waals surface area contributed by atoms with Crippen LogP contribution in [0.3, 0.4) is 0 Å². The van der Waals surface area contributed by atoms with Crippen molar-refractivity contribution in [3.05, 3.63) is 58.3 Å². The molecule has 0 fully saturated rings. The lowest BCUT2D eigenvalue weighted by Crippen LogP contribution is -2.11. The zero-order valence-corrected chi connectivity index (χ0v) is 15.3. The summed E-state index contributed by atoms with van der Waals surface area (Å²) in [6.07, 6.45) is 3.46. The summed E-state index contributed by atoms with van der Waals surface area (Å²) in [6, 6.07) is 9.38. The average Bonchev–Trinajstić information content (AvgIpc) is 3.28. The van der Waals surface area contributed by atoms with Crippen molar-refractivity contribution in [2.45, 2.75) is 17.8 Å². The molecule has 1 amide bonds. The summed E-state index contributed by atoms with van der Waals surface area (Å²) in [5, 5.41) is 16.8. The molecular formula is C16H13N7OS2. The van der Waals surface area contributed by atoms with Crippen molar-refractivity contribution >= 4 is 40.5 Å². The molecule has 4 aromatic rings. The Kier molecular flexibility index (Phi) is 4.59. The lowest BCUT2D eigenvalue weighted by atomic mass is 10.2. The van der Waals surface area contributed by atoms with Gasteiger partial charge in [-0.15, -0.1) is 15.3 Å². The fraction of sp³-hybridized carbons (Fsp3) is 0.125. The number of nitrogens with zero attached hydrogens (tertiary/aromatic N) is 6. The highest BCUT2D eigenvalue weighted by Gasteiger charge is 2.14. The number of aromatic nitrogens is 6. The molecule has 0 saturated heterocycles. The molecule has 130 valence electrons. The number of nitrogens with one attached hydrogen (secondary N) is 1. The Morgan fingerprint density at radius 1 is 1.27 bits per heavy atom. The molecule has 0 unspecified atom stereocenters. The number of thioether (sulfide) groups is 1. The Morgan fingerprint density at radius 3 is 2.92 bits per heavy atom. The van der Waals surface area contributed by atoms with Gasteiger partial charge < -0.3 is 5.32 Å². The zero-order valence-electron chi connectivity index (χ0n) is 13.7. The van der Waals surface area contributed by atoms with Gasteiger partial charge in [0.05, 0.1) is 5.75 Å². The molecule has 0 aliphatic rings. The minimum Gasteiger partial charge on any atom is -0.320 e. The minimum atomic E-state index is -0.266.